The molecule has 4 aromatic carbocycles. The molecule has 1 atom stereocenters. The number of anilines is 1. The number of hydrogen-bond donors (Lipinski definition) is 1. The average Bonchev–Trinajstić information content (AvgIpc) is 3.01. The molecule has 0 spiro atoms. The van der Waals surface area contributed by atoms with Gasteiger partial charge in [-0.2, -0.15) is 0 Å². The fourth-order valence-corrected chi connectivity index (χ4v) is 4.72. The van der Waals surface area contributed by atoms with Crippen LogP contribution in [0.5, 0.6) is 0 Å². The second kappa shape index (κ2) is 8.31. The molecule has 0 saturated heterocycles. The van der Waals surface area contributed by atoms with E-state index in [4.69, 9.17) is 23.2 Å². The number of rotatable bonds is 5. The zero-order chi connectivity index (χ0) is 23.2. The fraction of sp³-hybridized carbons (Fsp3) is 0.111. The summed E-state index contributed by atoms with van der Waals surface area (Å²) >= 11 is 12.1. The Morgan fingerprint density at radius 3 is 2.36 bits per heavy atom. The summed E-state index contributed by atoms with van der Waals surface area (Å²) in [5, 5.41) is 14.6. The molecule has 1 N–H and O–H groups in total. The number of aliphatic hydroxyl groups is 1. The van der Waals surface area contributed by atoms with Crippen LogP contribution in [0, 0.1) is 0 Å². The molecule has 0 fully saturated rings. The van der Waals surface area contributed by atoms with Crippen molar-refractivity contribution in [1.29, 1.82) is 0 Å². The van der Waals surface area contributed by atoms with E-state index in [1.165, 1.54) is 4.90 Å². The zero-order valence-corrected chi connectivity index (χ0v) is 19.0. The van der Waals surface area contributed by atoms with Crippen LogP contribution in [0.3, 0.4) is 0 Å². The lowest BCUT2D eigenvalue weighted by Crippen LogP contribution is -2.41. The van der Waals surface area contributed by atoms with Crippen molar-refractivity contribution < 1.29 is 14.7 Å². The Hall–Kier alpha value is -3.18. The maximum atomic E-state index is 13.6. The molecule has 0 radical (unpaired) electrons. The smallest absolute Gasteiger partial charge is 0.264 e. The van der Waals surface area contributed by atoms with E-state index < -0.39 is 17.9 Å². The number of nitrogens with zero attached hydrogens (tertiary/aromatic N) is 1. The molecule has 6 heteroatoms. The second-order valence-corrected chi connectivity index (χ2v) is 9.03. The van der Waals surface area contributed by atoms with Crippen LogP contribution in [0.4, 0.5) is 5.69 Å². The van der Waals surface area contributed by atoms with Gasteiger partial charge in [0.1, 0.15) is 0 Å². The van der Waals surface area contributed by atoms with E-state index in [0.29, 0.717) is 26.9 Å². The number of halogens is 2. The summed E-state index contributed by atoms with van der Waals surface area (Å²) in [7, 11) is 0. The lowest BCUT2D eigenvalue weighted by atomic mass is 9.88. The predicted octanol–water partition coefficient (Wildman–Crippen LogP) is 6.15. The lowest BCUT2D eigenvalue weighted by Gasteiger charge is -2.23. The van der Waals surface area contributed by atoms with Crippen LogP contribution >= 0.6 is 23.2 Å². The van der Waals surface area contributed by atoms with E-state index in [1.54, 1.807) is 42.5 Å². The molecule has 5 rings (SSSR count). The minimum absolute atomic E-state index is 0.256. The van der Waals surface area contributed by atoms with E-state index in [0.717, 1.165) is 16.3 Å². The highest BCUT2D eigenvalue weighted by Crippen LogP contribution is 2.45. The number of fused-ring (bicyclic) bond motifs is 2. The fourth-order valence-electron chi connectivity index (χ4n) is 4.42. The number of amides is 1. The van der Waals surface area contributed by atoms with Gasteiger partial charge in [0.05, 0.1) is 18.7 Å². The maximum Gasteiger partial charge on any atom is 0.264 e. The van der Waals surface area contributed by atoms with Crippen molar-refractivity contribution in [2.24, 2.45) is 0 Å². The van der Waals surface area contributed by atoms with Gasteiger partial charge in [0.25, 0.3) is 5.91 Å². The number of carbonyl (C=O) groups is 2. The van der Waals surface area contributed by atoms with Gasteiger partial charge in [-0.15, -0.1) is 0 Å². The van der Waals surface area contributed by atoms with E-state index in [9.17, 15) is 14.7 Å². The number of benzene rings is 4. The largest absolute Gasteiger partial charge is 0.375 e. The molecule has 1 aliphatic rings. The third-order valence-electron chi connectivity index (χ3n) is 6.08. The molecule has 1 unspecified atom stereocenters. The van der Waals surface area contributed by atoms with Crippen LogP contribution in [0.2, 0.25) is 10.0 Å². The number of carbonyl (C=O) groups excluding carboxylic acids is 2. The molecule has 0 saturated carbocycles. The quantitative estimate of drug-likeness (QED) is 0.352. The number of Topliss-reactive ketones (excluding diaryl/α,β-unsaturated/α-hetero) is 1. The Morgan fingerprint density at radius 1 is 0.879 bits per heavy atom. The molecule has 1 aliphatic heterocycles. The van der Waals surface area contributed by atoms with Crippen molar-refractivity contribution in [1.82, 2.24) is 0 Å². The van der Waals surface area contributed by atoms with Crippen LogP contribution in [0.1, 0.15) is 27.9 Å². The number of hydrogen-bond acceptors (Lipinski definition) is 3. The summed E-state index contributed by atoms with van der Waals surface area (Å²) < 4.78 is 0. The van der Waals surface area contributed by atoms with Crippen molar-refractivity contribution in [2.75, 3.05) is 4.90 Å². The summed E-state index contributed by atoms with van der Waals surface area (Å²) in [5.41, 5.74) is 0.181. The van der Waals surface area contributed by atoms with Gasteiger partial charge in [0, 0.05) is 21.2 Å². The van der Waals surface area contributed by atoms with Gasteiger partial charge in [-0.1, -0.05) is 65.7 Å². The van der Waals surface area contributed by atoms with Gasteiger partial charge >= 0.3 is 0 Å². The van der Waals surface area contributed by atoms with Gasteiger partial charge in [-0.05, 0) is 58.8 Å². The summed E-state index contributed by atoms with van der Waals surface area (Å²) in [5.74, 6) is -0.907. The minimum atomic E-state index is -2.01. The van der Waals surface area contributed by atoms with Gasteiger partial charge in [0.15, 0.2) is 11.4 Å². The molecule has 1 heterocycles. The third kappa shape index (κ3) is 3.80. The van der Waals surface area contributed by atoms with Crippen LogP contribution in [0.25, 0.3) is 10.8 Å². The molecule has 33 heavy (non-hydrogen) atoms. The van der Waals surface area contributed by atoms with E-state index in [1.807, 2.05) is 42.5 Å². The van der Waals surface area contributed by atoms with Gasteiger partial charge in [-0.25, -0.2) is 0 Å². The predicted molar refractivity (Wildman–Crippen MR) is 131 cm³/mol. The van der Waals surface area contributed by atoms with Gasteiger partial charge in [0.2, 0.25) is 0 Å². The monoisotopic (exact) mass is 475 g/mol. The number of ketones is 1. The molecule has 164 valence electrons. The van der Waals surface area contributed by atoms with Crippen molar-refractivity contribution >= 4 is 51.4 Å². The highest BCUT2D eigenvalue weighted by Gasteiger charge is 2.51. The highest BCUT2D eigenvalue weighted by atomic mass is 35.5. The highest BCUT2D eigenvalue weighted by molar-refractivity contribution is 6.31. The molecular weight excluding hydrogens is 457 g/mol. The van der Waals surface area contributed by atoms with Crippen molar-refractivity contribution in [3.05, 3.63) is 112 Å². The molecule has 4 aromatic rings. The first-order valence-corrected chi connectivity index (χ1v) is 11.2. The minimum Gasteiger partial charge on any atom is -0.375 e. The SMILES string of the molecule is O=C(CC1(O)C(=O)N(Cc2cccc3ccccc23)c2ccc(Cl)cc21)c1ccc(Cl)cc1. The lowest BCUT2D eigenvalue weighted by molar-refractivity contribution is -0.136. The topological polar surface area (TPSA) is 57.6 Å². The average molecular weight is 476 g/mol. The Balaban J connectivity index is 1.54. The molecule has 0 aromatic heterocycles. The van der Waals surface area contributed by atoms with Crippen molar-refractivity contribution in [3.8, 4) is 0 Å². The Labute approximate surface area is 201 Å². The Kier molecular flexibility index (Phi) is 5.45. The van der Waals surface area contributed by atoms with Crippen LogP contribution in [-0.2, 0) is 16.9 Å². The molecule has 1 amide bonds. The molecule has 4 nitrogen and oxygen atoms in total. The van der Waals surface area contributed by atoms with Crippen LogP contribution in [-0.4, -0.2) is 16.8 Å². The first-order valence-electron chi connectivity index (χ1n) is 10.5. The van der Waals surface area contributed by atoms with Gasteiger partial charge in [-0.3, -0.25) is 9.59 Å². The summed E-state index contributed by atoms with van der Waals surface area (Å²) in [6, 6.07) is 25.2. The first kappa shape index (κ1) is 21.7. The third-order valence-corrected chi connectivity index (χ3v) is 6.57. The summed E-state index contributed by atoms with van der Waals surface area (Å²) in [4.78, 5) is 28.1. The standard InChI is InChI=1S/C27H19Cl2NO3/c28-20-10-8-18(9-11-20)25(31)15-27(33)23-14-21(29)12-13-24(23)30(26(27)32)16-19-6-3-5-17-4-1-2-7-22(17)19/h1-14,33H,15-16H2. The molecule has 0 bridgehead atoms. The maximum absolute atomic E-state index is 13.6. The summed E-state index contributed by atoms with van der Waals surface area (Å²) in [6.45, 7) is 0.256. The zero-order valence-electron chi connectivity index (χ0n) is 17.5. The van der Waals surface area contributed by atoms with E-state index >= 15 is 0 Å². The van der Waals surface area contributed by atoms with E-state index in [2.05, 4.69) is 0 Å². The Morgan fingerprint density at radius 2 is 1.58 bits per heavy atom. The molecular formula is C27H19Cl2NO3. The summed E-state index contributed by atoms with van der Waals surface area (Å²) in [6.07, 6.45) is -0.396. The van der Waals surface area contributed by atoms with Gasteiger partial charge < -0.3 is 10.0 Å². The normalized spacial score (nSPS) is 17.4. The molecule has 0 aliphatic carbocycles. The van der Waals surface area contributed by atoms with E-state index in [-0.39, 0.29) is 12.3 Å². The first-order chi connectivity index (χ1) is 15.9. The van der Waals surface area contributed by atoms with Crippen molar-refractivity contribution in [2.45, 2.75) is 18.6 Å². The van der Waals surface area contributed by atoms with Crippen molar-refractivity contribution in [3.63, 3.8) is 0 Å². The second-order valence-electron chi connectivity index (χ2n) is 8.16. The Bertz CT molecular complexity index is 1400. The van der Waals surface area contributed by atoms with Crippen LogP contribution < -0.4 is 4.90 Å². The van der Waals surface area contributed by atoms with Crippen LogP contribution in [0.15, 0.2) is 84.9 Å².